The summed E-state index contributed by atoms with van der Waals surface area (Å²) in [4.78, 5) is 23.3. The summed E-state index contributed by atoms with van der Waals surface area (Å²) in [5.74, 6) is -0.197. The lowest BCUT2D eigenvalue weighted by atomic mass is 10.2. The molecule has 1 heterocycles. The zero-order valence-corrected chi connectivity index (χ0v) is 14.3. The molecule has 0 fully saturated rings. The summed E-state index contributed by atoms with van der Waals surface area (Å²) < 4.78 is 6.31. The fourth-order valence-corrected chi connectivity index (χ4v) is 3.51. The zero-order chi connectivity index (χ0) is 17.8. The Hall–Kier alpha value is -2.90. The minimum Gasteiger partial charge on any atom is -0.422 e. The molecule has 2 aromatic carbocycles. The SMILES string of the molecule is NC(=O)NN=Cc1cccc(OC(=O)c2sc3ccccc3c2Cl)c1. The molecule has 0 aliphatic carbocycles. The van der Waals surface area contributed by atoms with Gasteiger partial charge in [-0.25, -0.2) is 15.0 Å². The number of nitrogens with zero attached hydrogens (tertiary/aromatic N) is 1. The van der Waals surface area contributed by atoms with E-state index in [0.29, 0.717) is 21.2 Å². The Morgan fingerprint density at radius 3 is 2.76 bits per heavy atom. The summed E-state index contributed by atoms with van der Waals surface area (Å²) in [5.41, 5.74) is 7.63. The van der Waals surface area contributed by atoms with Gasteiger partial charge in [0.15, 0.2) is 0 Å². The Balaban J connectivity index is 1.79. The smallest absolute Gasteiger partial charge is 0.355 e. The molecule has 0 atom stereocenters. The molecule has 0 saturated heterocycles. The highest BCUT2D eigenvalue weighted by molar-refractivity contribution is 7.21. The van der Waals surface area contributed by atoms with Crippen molar-refractivity contribution in [3.63, 3.8) is 0 Å². The third-order valence-electron chi connectivity index (χ3n) is 3.18. The first-order chi connectivity index (χ1) is 12.0. The number of urea groups is 1. The predicted octanol–water partition coefficient (Wildman–Crippen LogP) is 3.78. The molecule has 25 heavy (non-hydrogen) atoms. The van der Waals surface area contributed by atoms with Gasteiger partial charge in [-0.1, -0.05) is 41.9 Å². The van der Waals surface area contributed by atoms with E-state index in [4.69, 9.17) is 22.1 Å². The van der Waals surface area contributed by atoms with Gasteiger partial charge >= 0.3 is 12.0 Å². The Kier molecular flexibility index (Phi) is 4.97. The molecule has 0 aliphatic rings. The molecule has 2 amide bonds. The normalized spacial score (nSPS) is 10.9. The maximum atomic E-state index is 12.4. The van der Waals surface area contributed by atoms with Crippen LogP contribution in [0, 0.1) is 0 Å². The van der Waals surface area contributed by atoms with E-state index in [1.807, 2.05) is 24.3 Å². The second kappa shape index (κ2) is 7.33. The molecular weight excluding hydrogens is 362 g/mol. The molecule has 1 aromatic heterocycles. The third-order valence-corrected chi connectivity index (χ3v) is 4.83. The van der Waals surface area contributed by atoms with Crippen LogP contribution in [-0.2, 0) is 0 Å². The number of benzene rings is 2. The number of hydrogen-bond donors (Lipinski definition) is 2. The molecule has 3 rings (SSSR count). The van der Waals surface area contributed by atoms with Crippen LogP contribution >= 0.6 is 22.9 Å². The molecule has 0 bridgehead atoms. The number of ether oxygens (including phenoxy) is 1. The molecule has 0 saturated carbocycles. The second-order valence-electron chi connectivity index (χ2n) is 4.94. The van der Waals surface area contributed by atoms with Crippen molar-refractivity contribution in [2.75, 3.05) is 0 Å². The number of nitrogens with two attached hydrogens (primary N) is 1. The summed E-state index contributed by atoms with van der Waals surface area (Å²) in [7, 11) is 0. The Labute approximate surface area is 151 Å². The maximum absolute atomic E-state index is 12.4. The zero-order valence-electron chi connectivity index (χ0n) is 12.7. The van der Waals surface area contributed by atoms with E-state index in [9.17, 15) is 9.59 Å². The van der Waals surface area contributed by atoms with E-state index >= 15 is 0 Å². The number of carbonyl (C=O) groups excluding carboxylic acids is 2. The van der Waals surface area contributed by atoms with Crippen LogP contribution in [0.15, 0.2) is 53.6 Å². The number of amides is 2. The molecule has 3 aromatic rings. The monoisotopic (exact) mass is 373 g/mol. The first-order valence-corrected chi connectivity index (χ1v) is 8.32. The second-order valence-corrected chi connectivity index (χ2v) is 6.37. The minimum atomic E-state index is -0.766. The summed E-state index contributed by atoms with van der Waals surface area (Å²) in [5, 5.41) is 4.86. The van der Waals surface area contributed by atoms with Crippen LogP contribution in [-0.4, -0.2) is 18.2 Å². The van der Waals surface area contributed by atoms with Crippen molar-refractivity contribution < 1.29 is 14.3 Å². The van der Waals surface area contributed by atoms with Crippen LogP contribution in [0.5, 0.6) is 5.75 Å². The number of halogens is 1. The minimum absolute atomic E-state index is 0.335. The van der Waals surface area contributed by atoms with Gasteiger partial charge in [0.05, 0.1) is 11.2 Å². The summed E-state index contributed by atoms with van der Waals surface area (Å²) >= 11 is 7.56. The number of carbonyl (C=O) groups is 2. The van der Waals surface area contributed by atoms with Crippen LogP contribution in [0.25, 0.3) is 10.1 Å². The highest BCUT2D eigenvalue weighted by Gasteiger charge is 2.18. The van der Waals surface area contributed by atoms with Crippen molar-refractivity contribution in [1.29, 1.82) is 0 Å². The maximum Gasteiger partial charge on any atom is 0.355 e. The number of thiophene rings is 1. The Morgan fingerprint density at radius 2 is 2.00 bits per heavy atom. The molecule has 6 nitrogen and oxygen atoms in total. The van der Waals surface area contributed by atoms with E-state index in [1.54, 1.807) is 24.3 Å². The number of esters is 1. The van der Waals surface area contributed by atoms with Gasteiger partial charge in [0.2, 0.25) is 0 Å². The first-order valence-electron chi connectivity index (χ1n) is 7.12. The van der Waals surface area contributed by atoms with E-state index < -0.39 is 12.0 Å². The van der Waals surface area contributed by atoms with Gasteiger partial charge in [-0.05, 0) is 23.8 Å². The van der Waals surface area contributed by atoms with Crippen LogP contribution in [0.2, 0.25) is 5.02 Å². The average molecular weight is 374 g/mol. The largest absolute Gasteiger partial charge is 0.422 e. The number of nitrogens with one attached hydrogen (secondary N) is 1. The van der Waals surface area contributed by atoms with Gasteiger partial charge in [-0.3, -0.25) is 0 Å². The van der Waals surface area contributed by atoms with E-state index in [-0.39, 0.29) is 0 Å². The van der Waals surface area contributed by atoms with Gasteiger partial charge < -0.3 is 10.5 Å². The van der Waals surface area contributed by atoms with Crippen molar-refractivity contribution in [2.24, 2.45) is 10.8 Å². The highest BCUT2D eigenvalue weighted by Crippen LogP contribution is 2.35. The molecule has 0 aliphatic heterocycles. The quantitative estimate of drug-likeness (QED) is 0.315. The first kappa shape index (κ1) is 16.9. The molecule has 0 radical (unpaired) electrons. The van der Waals surface area contributed by atoms with Crippen molar-refractivity contribution in [1.82, 2.24) is 5.43 Å². The topological polar surface area (TPSA) is 93.8 Å². The van der Waals surface area contributed by atoms with E-state index in [0.717, 1.165) is 10.1 Å². The Morgan fingerprint density at radius 1 is 1.20 bits per heavy atom. The van der Waals surface area contributed by atoms with Crippen LogP contribution in [0.1, 0.15) is 15.2 Å². The lowest BCUT2D eigenvalue weighted by molar-refractivity contribution is 0.0740. The fourth-order valence-electron chi connectivity index (χ4n) is 2.13. The Bertz CT molecular complexity index is 984. The molecule has 3 N–H and O–H groups in total. The molecular formula is C17H12ClN3O3S. The number of rotatable bonds is 4. The average Bonchev–Trinajstić information content (AvgIpc) is 2.92. The van der Waals surface area contributed by atoms with E-state index in [2.05, 4.69) is 10.5 Å². The van der Waals surface area contributed by atoms with Crippen molar-refractivity contribution >= 4 is 51.2 Å². The van der Waals surface area contributed by atoms with Crippen LogP contribution in [0.3, 0.4) is 0 Å². The number of hydrogen-bond acceptors (Lipinski definition) is 5. The van der Waals surface area contributed by atoms with Crippen molar-refractivity contribution in [3.8, 4) is 5.75 Å². The highest BCUT2D eigenvalue weighted by atomic mass is 35.5. The summed E-state index contributed by atoms with van der Waals surface area (Å²) in [6.45, 7) is 0. The van der Waals surface area contributed by atoms with Crippen LogP contribution < -0.4 is 15.9 Å². The predicted molar refractivity (Wildman–Crippen MR) is 98.5 cm³/mol. The van der Waals surface area contributed by atoms with E-state index in [1.165, 1.54) is 17.6 Å². The molecule has 8 heteroatoms. The fraction of sp³-hybridized carbons (Fsp3) is 0. The van der Waals surface area contributed by atoms with Gasteiger partial charge in [-0.15, -0.1) is 11.3 Å². The van der Waals surface area contributed by atoms with Gasteiger partial charge in [0.1, 0.15) is 10.6 Å². The van der Waals surface area contributed by atoms with Crippen molar-refractivity contribution in [3.05, 3.63) is 64.0 Å². The lowest BCUT2D eigenvalue weighted by Gasteiger charge is -2.04. The molecule has 126 valence electrons. The number of primary amides is 1. The number of fused-ring (bicyclic) bond motifs is 1. The van der Waals surface area contributed by atoms with Gasteiger partial charge in [0, 0.05) is 10.1 Å². The lowest BCUT2D eigenvalue weighted by Crippen LogP contribution is -2.24. The standard InChI is InChI=1S/C17H12ClN3O3S/c18-14-12-6-1-2-7-13(12)25-15(14)16(22)24-11-5-3-4-10(8-11)9-20-21-17(19)23/h1-9H,(H3,19,21,23). The molecule has 0 unspecified atom stereocenters. The van der Waals surface area contributed by atoms with Crippen molar-refractivity contribution in [2.45, 2.75) is 0 Å². The van der Waals surface area contributed by atoms with Gasteiger partial charge in [-0.2, -0.15) is 5.10 Å². The number of hydrazone groups is 1. The van der Waals surface area contributed by atoms with Crippen LogP contribution in [0.4, 0.5) is 4.79 Å². The summed E-state index contributed by atoms with van der Waals surface area (Å²) in [6, 6.07) is 13.4. The van der Waals surface area contributed by atoms with Gasteiger partial charge in [0.25, 0.3) is 0 Å². The summed E-state index contributed by atoms with van der Waals surface area (Å²) in [6.07, 6.45) is 1.38. The molecule has 0 spiro atoms. The third kappa shape index (κ3) is 3.96.